The maximum atomic E-state index is 13.3. The number of nitrogens with zero attached hydrogens (tertiary/aromatic N) is 1. The van der Waals surface area contributed by atoms with Crippen LogP contribution in [0.3, 0.4) is 0 Å². The number of hydrogen-bond acceptors (Lipinski definition) is 3. The van der Waals surface area contributed by atoms with Crippen molar-refractivity contribution in [3.8, 4) is 0 Å². The largest absolute Gasteiger partial charge is 0.375 e. The van der Waals surface area contributed by atoms with Gasteiger partial charge in [0.1, 0.15) is 0 Å². The third kappa shape index (κ3) is 3.80. The Balaban J connectivity index is 1.72. The van der Waals surface area contributed by atoms with E-state index in [4.69, 9.17) is 0 Å². The lowest BCUT2D eigenvalue weighted by Gasteiger charge is -2.23. The van der Waals surface area contributed by atoms with Crippen molar-refractivity contribution >= 4 is 49.2 Å². The Labute approximate surface area is 185 Å². The highest BCUT2D eigenvalue weighted by molar-refractivity contribution is 9.10. The second-order valence-corrected chi connectivity index (χ2v) is 8.84. The van der Waals surface area contributed by atoms with Crippen LogP contribution >= 0.6 is 31.9 Å². The van der Waals surface area contributed by atoms with Crippen molar-refractivity contribution in [3.05, 3.63) is 98.4 Å². The first-order valence-electron chi connectivity index (χ1n) is 9.05. The zero-order valence-electron chi connectivity index (χ0n) is 15.3. The number of amides is 1. The Morgan fingerprint density at radius 3 is 2.38 bits per heavy atom. The highest BCUT2D eigenvalue weighted by atomic mass is 79.9. The Kier molecular flexibility index (Phi) is 5.42. The average molecular weight is 515 g/mol. The molecule has 3 aromatic carbocycles. The topological polar surface area (TPSA) is 57.6 Å². The normalized spacial score (nSPS) is 18.0. The van der Waals surface area contributed by atoms with Gasteiger partial charge >= 0.3 is 0 Å². The molecule has 0 spiro atoms. The van der Waals surface area contributed by atoms with Gasteiger partial charge in [-0.3, -0.25) is 9.59 Å². The fraction of sp³-hybridized carbons (Fsp3) is 0.130. The van der Waals surface area contributed by atoms with Crippen LogP contribution in [0.5, 0.6) is 0 Å². The van der Waals surface area contributed by atoms with Crippen LogP contribution in [-0.4, -0.2) is 16.8 Å². The molecule has 1 aliphatic heterocycles. The number of Topliss-reactive ketones (excluding diaryl/α,β-unsaturated/α-hetero) is 1. The highest BCUT2D eigenvalue weighted by Gasteiger charge is 2.51. The van der Waals surface area contributed by atoms with Crippen LogP contribution in [0, 0.1) is 0 Å². The van der Waals surface area contributed by atoms with Gasteiger partial charge in [0, 0.05) is 20.1 Å². The van der Waals surface area contributed by atoms with Crippen LogP contribution in [0.25, 0.3) is 0 Å². The molecule has 0 radical (unpaired) electrons. The molecule has 0 saturated heterocycles. The number of anilines is 1. The molecule has 0 aliphatic carbocycles. The molecule has 1 unspecified atom stereocenters. The Morgan fingerprint density at radius 2 is 1.66 bits per heavy atom. The standard InChI is InChI=1S/C23H17Br2NO3/c24-17-8-4-7-16(11-17)21(27)13-23(29)19-12-18(25)9-10-20(19)26(22(23)28)14-15-5-2-1-3-6-15/h1-12,29H,13-14H2. The zero-order valence-corrected chi connectivity index (χ0v) is 18.5. The quantitative estimate of drug-likeness (QED) is 0.475. The van der Waals surface area contributed by atoms with Crippen LogP contribution in [0.2, 0.25) is 0 Å². The van der Waals surface area contributed by atoms with Crippen LogP contribution in [0.1, 0.15) is 27.9 Å². The minimum atomic E-state index is -1.91. The first-order chi connectivity index (χ1) is 13.9. The smallest absolute Gasteiger partial charge is 0.264 e. The van der Waals surface area contributed by atoms with Gasteiger partial charge in [0.2, 0.25) is 0 Å². The molecule has 1 atom stereocenters. The van der Waals surface area contributed by atoms with Crippen LogP contribution in [-0.2, 0) is 16.9 Å². The molecular formula is C23H17Br2NO3. The van der Waals surface area contributed by atoms with Crippen molar-refractivity contribution < 1.29 is 14.7 Å². The van der Waals surface area contributed by atoms with Crippen molar-refractivity contribution in [2.45, 2.75) is 18.6 Å². The summed E-state index contributed by atoms with van der Waals surface area (Å²) >= 11 is 6.77. The molecule has 0 saturated carbocycles. The number of carbonyl (C=O) groups excluding carboxylic acids is 2. The predicted octanol–water partition coefficient (Wildman–Crippen LogP) is 5.22. The number of fused-ring (bicyclic) bond motifs is 1. The summed E-state index contributed by atoms with van der Waals surface area (Å²) in [6.07, 6.45) is -0.322. The summed E-state index contributed by atoms with van der Waals surface area (Å²) < 4.78 is 1.50. The lowest BCUT2D eigenvalue weighted by molar-refractivity contribution is -0.136. The average Bonchev–Trinajstić information content (AvgIpc) is 2.90. The van der Waals surface area contributed by atoms with Gasteiger partial charge in [-0.05, 0) is 35.9 Å². The molecule has 1 N–H and O–H groups in total. The van der Waals surface area contributed by atoms with Gasteiger partial charge in [0.05, 0.1) is 18.7 Å². The van der Waals surface area contributed by atoms with E-state index in [2.05, 4.69) is 31.9 Å². The number of halogens is 2. The lowest BCUT2D eigenvalue weighted by atomic mass is 9.88. The van der Waals surface area contributed by atoms with Crippen molar-refractivity contribution in [1.82, 2.24) is 0 Å². The number of ketones is 1. The molecule has 4 nitrogen and oxygen atoms in total. The number of benzene rings is 3. The first kappa shape index (κ1) is 20.0. The molecule has 0 aromatic heterocycles. The maximum absolute atomic E-state index is 13.3. The third-order valence-electron chi connectivity index (χ3n) is 5.04. The minimum absolute atomic E-state index is 0.297. The Hall–Kier alpha value is -2.28. The van der Waals surface area contributed by atoms with Crippen molar-refractivity contribution in [1.29, 1.82) is 0 Å². The van der Waals surface area contributed by atoms with Gasteiger partial charge in [-0.15, -0.1) is 0 Å². The van der Waals surface area contributed by atoms with Crippen LogP contribution in [0.15, 0.2) is 81.7 Å². The molecule has 1 heterocycles. The monoisotopic (exact) mass is 513 g/mol. The first-order valence-corrected chi connectivity index (χ1v) is 10.6. The minimum Gasteiger partial charge on any atom is -0.375 e. The van der Waals surface area contributed by atoms with E-state index in [1.807, 2.05) is 42.5 Å². The molecule has 29 heavy (non-hydrogen) atoms. The molecule has 4 rings (SSSR count). The van der Waals surface area contributed by atoms with Gasteiger partial charge < -0.3 is 10.0 Å². The molecule has 1 amide bonds. The van der Waals surface area contributed by atoms with E-state index in [0.717, 1.165) is 14.5 Å². The molecule has 146 valence electrons. The van der Waals surface area contributed by atoms with Crippen molar-refractivity contribution in [2.75, 3.05) is 4.90 Å². The lowest BCUT2D eigenvalue weighted by Crippen LogP contribution is -2.41. The van der Waals surface area contributed by atoms with E-state index in [1.165, 1.54) is 0 Å². The summed E-state index contributed by atoms with van der Waals surface area (Å²) in [5.74, 6) is -0.785. The number of carbonyl (C=O) groups is 2. The van der Waals surface area contributed by atoms with Gasteiger partial charge in [-0.2, -0.15) is 0 Å². The SMILES string of the molecule is O=C(CC1(O)C(=O)N(Cc2ccccc2)c2ccc(Br)cc21)c1cccc(Br)c1. The van der Waals surface area contributed by atoms with Gasteiger partial charge in [-0.1, -0.05) is 74.3 Å². The maximum Gasteiger partial charge on any atom is 0.264 e. The molecule has 0 fully saturated rings. The fourth-order valence-corrected chi connectivity index (χ4v) is 4.37. The Morgan fingerprint density at radius 1 is 0.931 bits per heavy atom. The summed E-state index contributed by atoms with van der Waals surface area (Å²) in [7, 11) is 0. The summed E-state index contributed by atoms with van der Waals surface area (Å²) in [4.78, 5) is 27.8. The van der Waals surface area contributed by atoms with Crippen molar-refractivity contribution in [3.63, 3.8) is 0 Å². The molecular weight excluding hydrogens is 498 g/mol. The number of rotatable bonds is 5. The van der Waals surface area contributed by atoms with E-state index in [-0.39, 0.29) is 12.2 Å². The van der Waals surface area contributed by atoms with E-state index < -0.39 is 11.5 Å². The molecule has 0 bridgehead atoms. The number of aliphatic hydroxyl groups is 1. The summed E-state index contributed by atoms with van der Waals surface area (Å²) in [5, 5.41) is 11.4. The third-order valence-corrected chi connectivity index (χ3v) is 6.03. The van der Waals surface area contributed by atoms with Gasteiger partial charge in [0.15, 0.2) is 11.4 Å². The second-order valence-electron chi connectivity index (χ2n) is 7.01. The molecule has 3 aromatic rings. The highest BCUT2D eigenvalue weighted by Crippen LogP contribution is 2.44. The zero-order chi connectivity index (χ0) is 20.6. The Bertz CT molecular complexity index is 1100. The van der Waals surface area contributed by atoms with E-state index in [0.29, 0.717) is 23.4 Å². The van der Waals surface area contributed by atoms with E-state index in [1.54, 1.807) is 35.2 Å². The summed E-state index contributed by atoms with van der Waals surface area (Å²) in [6.45, 7) is 0.321. The van der Waals surface area contributed by atoms with Crippen LogP contribution in [0.4, 0.5) is 5.69 Å². The predicted molar refractivity (Wildman–Crippen MR) is 119 cm³/mol. The summed E-state index contributed by atoms with van der Waals surface area (Å²) in [6, 6.07) is 21.8. The van der Waals surface area contributed by atoms with E-state index in [9.17, 15) is 14.7 Å². The van der Waals surface area contributed by atoms with E-state index >= 15 is 0 Å². The van der Waals surface area contributed by atoms with Crippen molar-refractivity contribution in [2.24, 2.45) is 0 Å². The summed E-state index contributed by atoms with van der Waals surface area (Å²) in [5.41, 5.74) is 0.534. The van der Waals surface area contributed by atoms with Crippen LogP contribution < -0.4 is 4.90 Å². The molecule has 1 aliphatic rings. The molecule has 6 heteroatoms. The second kappa shape index (κ2) is 7.86. The van der Waals surface area contributed by atoms with Gasteiger partial charge in [-0.25, -0.2) is 0 Å². The number of hydrogen-bond donors (Lipinski definition) is 1. The van der Waals surface area contributed by atoms with Gasteiger partial charge in [0.25, 0.3) is 5.91 Å². The fourth-order valence-electron chi connectivity index (χ4n) is 3.61.